The molecule has 4 aromatic rings. The first-order chi connectivity index (χ1) is 18.2. The Morgan fingerprint density at radius 2 is 1.34 bits per heavy atom. The molecule has 3 aromatic carbocycles. The largest absolute Gasteiger partial charge is 0.444 e. The van der Waals surface area contributed by atoms with Gasteiger partial charge in [-0.3, -0.25) is 0 Å². The lowest BCUT2D eigenvalue weighted by atomic mass is 9.84. The number of rotatable bonds is 9. The highest BCUT2D eigenvalue weighted by atomic mass is 32.2. The van der Waals surface area contributed by atoms with Crippen molar-refractivity contribution >= 4 is 17.9 Å². The molecule has 4 rings (SSSR count). The maximum Gasteiger partial charge on any atom is 0.408 e. The molecule has 0 saturated carbocycles. The van der Waals surface area contributed by atoms with Gasteiger partial charge in [0.05, 0.1) is 4.75 Å². The average molecular weight is 530 g/mol. The lowest BCUT2D eigenvalue weighted by molar-refractivity contribution is 0.0500. The molecular weight excluding hydrogens is 494 g/mol. The minimum atomic E-state index is -0.637. The number of nitrogens with zero attached hydrogens (tertiary/aromatic N) is 2. The molecule has 7 heteroatoms. The topological polar surface area (TPSA) is 77.2 Å². The lowest BCUT2D eigenvalue weighted by Gasteiger charge is -2.36. The summed E-state index contributed by atoms with van der Waals surface area (Å²) in [5.74, 6) is 1.51. The Hall–Kier alpha value is -3.58. The van der Waals surface area contributed by atoms with E-state index in [1.54, 1.807) is 11.8 Å². The standard InChI is InChI=1S/C31H35N3O3S/c1-22(2)27-33-28(37-34-27)26(32-29(35)36-30(3,4)5)21-38-31(23-15-9-6-10-16-23,24-17-11-7-12-18-24)25-19-13-8-14-20-25/h6-20,22,26H,21H2,1-5H3,(H,32,35). The normalized spacial score (nSPS) is 12.8. The highest BCUT2D eigenvalue weighted by Gasteiger charge is 2.39. The van der Waals surface area contributed by atoms with Crippen LogP contribution in [0.15, 0.2) is 95.5 Å². The van der Waals surface area contributed by atoms with Crippen LogP contribution in [0, 0.1) is 0 Å². The molecule has 0 fully saturated rings. The third-order valence-electron chi connectivity index (χ3n) is 5.97. The van der Waals surface area contributed by atoms with Crippen molar-refractivity contribution in [3.05, 3.63) is 119 Å². The minimum absolute atomic E-state index is 0.0966. The number of hydrogen-bond donors (Lipinski definition) is 1. The monoisotopic (exact) mass is 529 g/mol. The number of aromatic nitrogens is 2. The first-order valence-corrected chi connectivity index (χ1v) is 13.8. The van der Waals surface area contributed by atoms with E-state index in [1.165, 1.54) is 0 Å². The highest BCUT2D eigenvalue weighted by Crippen LogP contribution is 2.49. The molecule has 6 nitrogen and oxygen atoms in total. The van der Waals surface area contributed by atoms with E-state index in [0.717, 1.165) is 16.7 Å². The zero-order chi connectivity index (χ0) is 27.2. The second-order valence-electron chi connectivity index (χ2n) is 10.4. The Kier molecular flexibility index (Phi) is 8.57. The van der Waals surface area contributed by atoms with Crippen LogP contribution in [0.3, 0.4) is 0 Å². The summed E-state index contributed by atoms with van der Waals surface area (Å²) in [5.41, 5.74) is 2.76. The number of benzene rings is 3. The number of alkyl carbamates (subject to hydrolysis) is 1. The zero-order valence-corrected chi connectivity index (χ0v) is 23.4. The van der Waals surface area contributed by atoms with Crippen molar-refractivity contribution in [3.63, 3.8) is 0 Å². The van der Waals surface area contributed by atoms with Crippen molar-refractivity contribution in [1.29, 1.82) is 0 Å². The summed E-state index contributed by atoms with van der Waals surface area (Å²) >= 11 is 1.71. The van der Waals surface area contributed by atoms with E-state index in [9.17, 15) is 4.79 Å². The van der Waals surface area contributed by atoms with E-state index in [1.807, 2.05) is 52.8 Å². The molecule has 0 bridgehead atoms. The van der Waals surface area contributed by atoms with Gasteiger partial charge in [-0.05, 0) is 37.5 Å². The quantitative estimate of drug-likeness (QED) is 0.226. The lowest BCUT2D eigenvalue weighted by Crippen LogP contribution is -2.37. The fraction of sp³-hybridized carbons (Fsp3) is 0.323. The molecule has 0 radical (unpaired) electrons. The molecule has 1 aromatic heterocycles. The number of nitrogens with one attached hydrogen (secondary N) is 1. The van der Waals surface area contributed by atoms with Crippen molar-refractivity contribution < 1.29 is 14.1 Å². The molecule has 38 heavy (non-hydrogen) atoms. The maximum absolute atomic E-state index is 12.9. The van der Waals surface area contributed by atoms with Gasteiger partial charge < -0.3 is 14.6 Å². The Bertz CT molecular complexity index is 1210. The number of thioether (sulfide) groups is 1. The van der Waals surface area contributed by atoms with E-state index in [2.05, 4.69) is 88.3 Å². The molecule has 1 unspecified atom stereocenters. The van der Waals surface area contributed by atoms with Crippen molar-refractivity contribution in [2.75, 3.05) is 5.75 Å². The van der Waals surface area contributed by atoms with Gasteiger partial charge >= 0.3 is 6.09 Å². The molecular formula is C31H35N3O3S. The van der Waals surface area contributed by atoms with Crippen LogP contribution in [0.25, 0.3) is 0 Å². The SMILES string of the molecule is CC(C)c1noc(C(CSC(c2ccccc2)(c2ccccc2)c2ccccc2)NC(=O)OC(C)(C)C)n1. The average Bonchev–Trinajstić information content (AvgIpc) is 3.40. The predicted molar refractivity (Wildman–Crippen MR) is 152 cm³/mol. The summed E-state index contributed by atoms with van der Waals surface area (Å²) in [7, 11) is 0. The molecule has 1 amide bonds. The van der Waals surface area contributed by atoms with Crippen molar-refractivity contribution in [1.82, 2.24) is 15.5 Å². The number of ether oxygens (including phenoxy) is 1. The van der Waals surface area contributed by atoms with Crippen LogP contribution in [0.4, 0.5) is 4.79 Å². The summed E-state index contributed by atoms with van der Waals surface area (Å²) in [4.78, 5) is 17.5. The molecule has 1 heterocycles. The summed E-state index contributed by atoms with van der Waals surface area (Å²) in [6, 6.07) is 30.7. The summed E-state index contributed by atoms with van der Waals surface area (Å²) in [6.45, 7) is 9.53. The van der Waals surface area contributed by atoms with Gasteiger partial charge in [-0.2, -0.15) is 4.98 Å². The molecule has 198 valence electrons. The zero-order valence-electron chi connectivity index (χ0n) is 22.5. The molecule has 1 N–H and O–H groups in total. The van der Waals surface area contributed by atoms with Gasteiger partial charge in [-0.25, -0.2) is 4.79 Å². The third kappa shape index (κ3) is 6.45. The van der Waals surface area contributed by atoms with Gasteiger partial charge in [0.25, 0.3) is 0 Å². The van der Waals surface area contributed by atoms with Crippen LogP contribution in [-0.4, -0.2) is 27.6 Å². The minimum Gasteiger partial charge on any atom is -0.444 e. The second kappa shape index (κ2) is 11.9. The highest BCUT2D eigenvalue weighted by molar-refractivity contribution is 8.00. The second-order valence-corrected chi connectivity index (χ2v) is 11.7. The van der Waals surface area contributed by atoms with Gasteiger partial charge in [-0.1, -0.05) is 110 Å². The maximum atomic E-state index is 12.9. The number of carbonyl (C=O) groups excluding carboxylic acids is 1. The van der Waals surface area contributed by atoms with Crippen LogP contribution >= 0.6 is 11.8 Å². The third-order valence-corrected chi connectivity index (χ3v) is 7.61. The summed E-state index contributed by atoms with van der Waals surface area (Å²) in [6.07, 6.45) is -0.530. The molecule has 0 aliphatic carbocycles. The van der Waals surface area contributed by atoms with Gasteiger partial charge in [0.15, 0.2) is 5.82 Å². The number of amides is 1. The van der Waals surface area contributed by atoms with Crippen molar-refractivity contribution in [3.8, 4) is 0 Å². The van der Waals surface area contributed by atoms with E-state index >= 15 is 0 Å². The fourth-order valence-corrected chi connectivity index (χ4v) is 5.78. The Morgan fingerprint density at radius 3 is 1.74 bits per heavy atom. The van der Waals surface area contributed by atoms with Gasteiger partial charge in [0, 0.05) is 11.7 Å². The van der Waals surface area contributed by atoms with E-state index in [4.69, 9.17) is 9.26 Å². The molecule has 0 aliphatic heterocycles. The van der Waals surface area contributed by atoms with Gasteiger partial charge in [0.1, 0.15) is 11.6 Å². The molecule has 0 spiro atoms. The molecule has 0 saturated heterocycles. The Labute approximate surface area is 229 Å². The van der Waals surface area contributed by atoms with Crippen LogP contribution in [0.2, 0.25) is 0 Å². The summed E-state index contributed by atoms with van der Waals surface area (Å²) in [5, 5.41) is 7.14. The number of carbonyl (C=O) groups is 1. The van der Waals surface area contributed by atoms with Crippen molar-refractivity contribution in [2.45, 2.75) is 56.9 Å². The molecule has 0 aliphatic rings. The van der Waals surface area contributed by atoms with Crippen molar-refractivity contribution in [2.24, 2.45) is 0 Å². The molecule has 1 atom stereocenters. The van der Waals surface area contributed by atoms with Crippen LogP contribution in [0.1, 0.15) is 75.0 Å². The number of hydrogen-bond acceptors (Lipinski definition) is 6. The van der Waals surface area contributed by atoms with Crippen LogP contribution in [0.5, 0.6) is 0 Å². The van der Waals surface area contributed by atoms with Crippen LogP contribution < -0.4 is 5.32 Å². The van der Waals surface area contributed by atoms with Crippen LogP contribution in [-0.2, 0) is 9.48 Å². The first-order valence-electron chi connectivity index (χ1n) is 12.8. The van der Waals surface area contributed by atoms with E-state index in [0.29, 0.717) is 17.5 Å². The van der Waals surface area contributed by atoms with Gasteiger partial charge in [0.2, 0.25) is 5.89 Å². The predicted octanol–water partition coefficient (Wildman–Crippen LogP) is 7.48. The smallest absolute Gasteiger partial charge is 0.408 e. The summed E-state index contributed by atoms with van der Waals surface area (Å²) < 4.78 is 10.7. The Balaban J connectivity index is 1.78. The van der Waals surface area contributed by atoms with E-state index < -0.39 is 22.5 Å². The van der Waals surface area contributed by atoms with Gasteiger partial charge in [-0.15, -0.1) is 11.8 Å². The Morgan fingerprint density at radius 1 is 0.868 bits per heavy atom. The van der Waals surface area contributed by atoms with E-state index in [-0.39, 0.29) is 5.92 Å². The fourth-order valence-electron chi connectivity index (χ4n) is 4.22. The first kappa shape index (κ1) is 27.5.